The van der Waals surface area contributed by atoms with Gasteiger partial charge in [-0.05, 0) is 65.8 Å². The van der Waals surface area contributed by atoms with Crippen LogP contribution in [0.1, 0.15) is 15.9 Å². The van der Waals surface area contributed by atoms with Gasteiger partial charge in [0.15, 0.2) is 5.11 Å². The number of nitrogens with one attached hydrogen (secondary N) is 2. The van der Waals surface area contributed by atoms with Gasteiger partial charge in [0.25, 0.3) is 5.91 Å². The predicted molar refractivity (Wildman–Crippen MR) is 114 cm³/mol. The quantitative estimate of drug-likeness (QED) is 0.458. The second-order valence-corrected chi connectivity index (χ2v) is 7.69. The van der Waals surface area contributed by atoms with Gasteiger partial charge in [-0.3, -0.25) is 10.1 Å². The van der Waals surface area contributed by atoms with Crippen LogP contribution in [0.4, 0.5) is 5.69 Å². The van der Waals surface area contributed by atoms with E-state index in [2.05, 4.69) is 42.5 Å². The summed E-state index contributed by atoms with van der Waals surface area (Å²) in [6, 6.07) is 17.2. The van der Waals surface area contributed by atoms with Crippen molar-refractivity contribution in [3.63, 3.8) is 0 Å². The SMILES string of the molecule is Cc1cc(Br)ccc1NC(=S)NC(=O)c1cccc2c(Br)cccc12. The lowest BCUT2D eigenvalue weighted by Crippen LogP contribution is -2.34. The van der Waals surface area contributed by atoms with Crippen molar-refractivity contribution < 1.29 is 4.79 Å². The Morgan fingerprint density at radius 3 is 2.48 bits per heavy atom. The van der Waals surface area contributed by atoms with Crippen molar-refractivity contribution in [2.24, 2.45) is 0 Å². The maximum absolute atomic E-state index is 12.6. The highest BCUT2D eigenvalue weighted by molar-refractivity contribution is 9.11. The minimum atomic E-state index is -0.240. The van der Waals surface area contributed by atoms with E-state index in [0.717, 1.165) is 31.0 Å². The van der Waals surface area contributed by atoms with Crippen LogP contribution in [0.2, 0.25) is 0 Å². The molecule has 0 saturated carbocycles. The molecule has 25 heavy (non-hydrogen) atoms. The molecule has 0 aromatic heterocycles. The van der Waals surface area contributed by atoms with Crippen LogP contribution >= 0.6 is 44.1 Å². The van der Waals surface area contributed by atoms with Crippen molar-refractivity contribution in [2.45, 2.75) is 6.92 Å². The van der Waals surface area contributed by atoms with Gasteiger partial charge in [-0.25, -0.2) is 0 Å². The minimum absolute atomic E-state index is 0.240. The number of thiocarbonyl (C=S) groups is 1. The van der Waals surface area contributed by atoms with E-state index < -0.39 is 0 Å². The summed E-state index contributed by atoms with van der Waals surface area (Å²) in [6.45, 7) is 1.97. The van der Waals surface area contributed by atoms with E-state index in [0.29, 0.717) is 5.56 Å². The number of halogens is 2. The number of hydrogen-bond donors (Lipinski definition) is 2. The Labute approximate surface area is 168 Å². The molecule has 0 fully saturated rings. The van der Waals surface area contributed by atoms with E-state index in [4.69, 9.17) is 12.2 Å². The summed E-state index contributed by atoms with van der Waals surface area (Å²) < 4.78 is 1.94. The zero-order chi connectivity index (χ0) is 18.0. The van der Waals surface area contributed by atoms with Crippen LogP contribution < -0.4 is 10.6 Å². The van der Waals surface area contributed by atoms with E-state index in [9.17, 15) is 4.79 Å². The fraction of sp³-hybridized carbons (Fsp3) is 0.0526. The summed E-state index contributed by atoms with van der Waals surface area (Å²) in [5.41, 5.74) is 2.46. The van der Waals surface area contributed by atoms with Crippen LogP contribution in [0, 0.1) is 6.92 Å². The number of hydrogen-bond acceptors (Lipinski definition) is 2. The van der Waals surface area contributed by atoms with Crippen molar-refractivity contribution in [3.05, 3.63) is 74.7 Å². The molecule has 126 valence electrons. The number of amides is 1. The van der Waals surface area contributed by atoms with E-state index in [1.807, 2.05) is 55.5 Å². The standard InChI is InChI=1S/C19H14Br2N2OS/c1-11-10-12(20)8-9-17(11)22-19(25)23-18(24)15-6-2-5-14-13(15)4-3-7-16(14)21/h2-10H,1H3,(H2,22,23,24,25). The third kappa shape index (κ3) is 4.08. The van der Waals surface area contributed by atoms with Gasteiger partial charge in [-0.2, -0.15) is 0 Å². The van der Waals surface area contributed by atoms with Gasteiger partial charge in [0.2, 0.25) is 0 Å². The second-order valence-electron chi connectivity index (χ2n) is 5.51. The maximum Gasteiger partial charge on any atom is 0.258 e. The van der Waals surface area contributed by atoms with Crippen molar-refractivity contribution >= 4 is 71.6 Å². The average molecular weight is 478 g/mol. The number of fused-ring (bicyclic) bond motifs is 1. The molecule has 3 rings (SSSR count). The van der Waals surface area contributed by atoms with Crippen LogP contribution in [0.15, 0.2) is 63.5 Å². The Morgan fingerprint density at radius 1 is 1.00 bits per heavy atom. The number of carbonyl (C=O) groups excluding carboxylic acids is 1. The maximum atomic E-state index is 12.6. The topological polar surface area (TPSA) is 41.1 Å². The van der Waals surface area contributed by atoms with Gasteiger partial charge >= 0.3 is 0 Å². The van der Waals surface area contributed by atoms with E-state index in [1.165, 1.54) is 0 Å². The Kier molecular flexibility index (Phi) is 5.51. The molecule has 0 spiro atoms. The first-order valence-corrected chi connectivity index (χ1v) is 9.51. The molecular formula is C19H14Br2N2OS. The van der Waals surface area contributed by atoms with Crippen molar-refractivity contribution in [1.82, 2.24) is 5.32 Å². The average Bonchev–Trinajstić information content (AvgIpc) is 2.57. The Hall–Kier alpha value is -1.76. The summed E-state index contributed by atoms with van der Waals surface area (Å²) in [5, 5.41) is 7.94. The first-order valence-electron chi connectivity index (χ1n) is 7.51. The van der Waals surface area contributed by atoms with Crippen LogP contribution in [-0.2, 0) is 0 Å². The Bertz CT molecular complexity index is 988. The zero-order valence-corrected chi connectivity index (χ0v) is 17.3. The molecule has 3 nitrogen and oxygen atoms in total. The van der Waals surface area contributed by atoms with Crippen LogP contribution in [-0.4, -0.2) is 11.0 Å². The van der Waals surface area contributed by atoms with Gasteiger partial charge in [0.05, 0.1) is 0 Å². The first-order chi connectivity index (χ1) is 12.0. The molecule has 0 bridgehead atoms. The zero-order valence-electron chi connectivity index (χ0n) is 13.3. The highest BCUT2D eigenvalue weighted by atomic mass is 79.9. The third-order valence-corrected chi connectivity index (χ3v) is 5.17. The minimum Gasteiger partial charge on any atom is -0.332 e. The first kappa shape index (κ1) is 18.0. The molecule has 0 radical (unpaired) electrons. The summed E-state index contributed by atoms with van der Waals surface area (Å²) in [5.74, 6) is -0.240. The number of carbonyl (C=O) groups is 1. The van der Waals surface area contributed by atoms with Gasteiger partial charge in [-0.1, -0.05) is 56.1 Å². The molecule has 2 N–H and O–H groups in total. The smallest absolute Gasteiger partial charge is 0.258 e. The largest absolute Gasteiger partial charge is 0.332 e. The van der Waals surface area contributed by atoms with Gasteiger partial charge in [-0.15, -0.1) is 0 Å². The summed E-state index contributed by atoms with van der Waals surface area (Å²) in [7, 11) is 0. The van der Waals surface area contributed by atoms with Gasteiger partial charge < -0.3 is 5.32 Å². The summed E-state index contributed by atoms with van der Waals surface area (Å²) in [6.07, 6.45) is 0. The highest BCUT2D eigenvalue weighted by Crippen LogP contribution is 2.26. The molecule has 3 aromatic carbocycles. The van der Waals surface area contributed by atoms with Crippen LogP contribution in [0.5, 0.6) is 0 Å². The number of rotatable bonds is 2. The van der Waals surface area contributed by atoms with E-state index >= 15 is 0 Å². The second kappa shape index (κ2) is 7.64. The predicted octanol–water partition coefficient (Wildman–Crippen LogP) is 5.80. The van der Waals surface area contributed by atoms with Gasteiger partial charge in [0, 0.05) is 20.2 Å². The molecule has 0 aliphatic carbocycles. The van der Waals surface area contributed by atoms with Crippen molar-refractivity contribution in [1.29, 1.82) is 0 Å². The Balaban J connectivity index is 1.80. The molecule has 6 heteroatoms. The molecular weight excluding hydrogens is 464 g/mol. The fourth-order valence-electron chi connectivity index (χ4n) is 2.56. The molecule has 0 unspecified atom stereocenters. The fourth-order valence-corrected chi connectivity index (χ4v) is 3.74. The third-order valence-electron chi connectivity index (χ3n) is 3.78. The van der Waals surface area contributed by atoms with E-state index in [1.54, 1.807) is 6.07 Å². The van der Waals surface area contributed by atoms with Crippen LogP contribution in [0.3, 0.4) is 0 Å². The normalized spacial score (nSPS) is 10.5. The molecule has 0 saturated heterocycles. The summed E-state index contributed by atoms with van der Waals surface area (Å²) in [4.78, 5) is 12.6. The lowest BCUT2D eigenvalue weighted by molar-refractivity contribution is 0.0979. The van der Waals surface area contributed by atoms with E-state index in [-0.39, 0.29) is 11.0 Å². The monoisotopic (exact) mass is 476 g/mol. The number of aryl methyl sites for hydroxylation is 1. The molecule has 0 aliphatic rings. The van der Waals surface area contributed by atoms with Crippen molar-refractivity contribution in [3.8, 4) is 0 Å². The lowest BCUT2D eigenvalue weighted by atomic mass is 10.0. The lowest BCUT2D eigenvalue weighted by Gasteiger charge is -2.13. The molecule has 0 aliphatic heterocycles. The molecule has 0 heterocycles. The highest BCUT2D eigenvalue weighted by Gasteiger charge is 2.13. The number of anilines is 1. The molecule has 3 aromatic rings. The molecule has 1 amide bonds. The number of benzene rings is 3. The Morgan fingerprint density at radius 2 is 1.72 bits per heavy atom. The molecule has 0 atom stereocenters. The van der Waals surface area contributed by atoms with Crippen molar-refractivity contribution in [2.75, 3.05) is 5.32 Å². The van der Waals surface area contributed by atoms with Gasteiger partial charge in [0.1, 0.15) is 0 Å². The summed E-state index contributed by atoms with van der Waals surface area (Å²) >= 11 is 12.2. The van der Waals surface area contributed by atoms with Crippen LogP contribution in [0.25, 0.3) is 10.8 Å².